The number of benzene rings is 4. The van der Waals surface area contributed by atoms with E-state index in [1.165, 1.54) is 38.7 Å². The van der Waals surface area contributed by atoms with Crippen molar-refractivity contribution < 1.29 is 4.74 Å². The van der Waals surface area contributed by atoms with Crippen molar-refractivity contribution in [1.29, 1.82) is 0 Å². The summed E-state index contributed by atoms with van der Waals surface area (Å²) in [5.41, 5.74) is 10.8. The van der Waals surface area contributed by atoms with Gasteiger partial charge in [0, 0.05) is 34.7 Å². The summed E-state index contributed by atoms with van der Waals surface area (Å²) in [6.07, 6.45) is 5.81. The molecule has 0 fully saturated rings. The Bertz CT molecular complexity index is 2230. The minimum atomic E-state index is 0.288. The Morgan fingerprint density at radius 2 is 1.54 bits per heavy atom. The van der Waals surface area contributed by atoms with Gasteiger partial charge in [0.2, 0.25) is 0 Å². The van der Waals surface area contributed by atoms with Crippen molar-refractivity contribution >= 4 is 21.8 Å². The van der Waals surface area contributed by atoms with E-state index in [2.05, 4.69) is 136 Å². The van der Waals surface area contributed by atoms with Gasteiger partial charge in [0.1, 0.15) is 17.3 Å². The highest BCUT2D eigenvalue weighted by molar-refractivity contribution is 6.09. The van der Waals surface area contributed by atoms with Gasteiger partial charge in [-0.05, 0) is 103 Å². The normalized spacial score (nSPS) is 11.9. The van der Waals surface area contributed by atoms with Gasteiger partial charge in [-0.2, -0.15) is 5.10 Å². The zero-order valence-electron chi connectivity index (χ0n) is 28.9. The van der Waals surface area contributed by atoms with Gasteiger partial charge in [-0.1, -0.05) is 77.1 Å². The smallest absolute Gasteiger partial charge is 0.137 e. The van der Waals surface area contributed by atoms with Crippen LogP contribution in [0.25, 0.3) is 44.4 Å². The van der Waals surface area contributed by atoms with E-state index in [-0.39, 0.29) is 5.41 Å². The van der Waals surface area contributed by atoms with Gasteiger partial charge >= 0.3 is 0 Å². The lowest BCUT2D eigenvalue weighted by molar-refractivity contribution is 0.378. The lowest BCUT2D eigenvalue weighted by Gasteiger charge is -2.17. The summed E-state index contributed by atoms with van der Waals surface area (Å²) >= 11 is 0. The maximum Gasteiger partial charge on any atom is 0.137 e. The van der Waals surface area contributed by atoms with Crippen molar-refractivity contribution in [1.82, 2.24) is 19.3 Å². The van der Waals surface area contributed by atoms with Crippen molar-refractivity contribution in [2.75, 3.05) is 0 Å². The monoisotopic (exact) mass is 632 g/mol. The number of nitrogens with zero attached hydrogens (tertiary/aromatic N) is 4. The van der Waals surface area contributed by atoms with Crippen LogP contribution < -0.4 is 4.74 Å². The van der Waals surface area contributed by atoms with Crippen molar-refractivity contribution in [3.8, 4) is 34.1 Å². The molecule has 242 valence electrons. The highest BCUT2D eigenvalue weighted by Crippen LogP contribution is 2.37. The molecule has 0 radical (unpaired) electrons. The molecule has 0 aliphatic carbocycles. The first-order valence-electron chi connectivity index (χ1n) is 17.2. The van der Waals surface area contributed by atoms with E-state index >= 15 is 0 Å². The number of ether oxygens (including phenoxy) is 1. The Labute approximate surface area is 283 Å². The lowest BCUT2D eigenvalue weighted by atomic mass is 9.88. The minimum Gasteiger partial charge on any atom is -0.457 e. The summed E-state index contributed by atoms with van der Waals surface area (Å²) in [6, 6.07) is 36.4. The molecule has 5 nitrogen and oxygen atoms in total. The molecule has 0 saturated heterocycles. The summed E-state index contributed by atoms with van der Waals surface area (Å²) in [5.74, 6) is 2.45. The van der Waals surface area contributed by atoms with Crippen LogP contribution in [-0.4, -0.2) is 19.3 Å². The van der Waals surface area contributed by atoms with Gasteiger partial charge in [-0.25, -0.2) is 9.67 Å². The number of fused-ring (bicyclic) bond motifs is 3. The Morgan fingerprint density at radius 1 is 0.729 bits per heavy atom. The van der Waals surface area contributed by atoms with Crippen molar-refractivity contribution in [3.63, 3.8) is 0 Å². The maximum atomic E-state index is 6.61. The highest BCUT2D eigenvalue weighted by Gasteiger charge is 2.20. The van der Waals surface area contributed by atoms with Crippen LogP contribution in [0, 0.1) is 12.3 Å². The molecule has 0 spiro atoms. The summed E-state index contributed by atoms with van der Waals surface area (Å²) in [5, 5.41) is 7.52. The zero-order chi connectivity index (χ0) is 33.4. The van der Waals surface area contributed by atoms with Crippen LogP contribution in [0.4, 0.5) is 0 Å². The average molecular weight is 633 g/mol. The third-order valence-electron chi connectivity index (χ3n) is 9.18. The molecule has 0 unspecified atom stereocenters. The predicted molar refractivity (Wildman–Crippen MR) is 199 cm³/mol. The molecule has 5 heteroatoms. The van der Waals surface area contributed by atoms with Crippen molar-refractivity contribution in [2.45, 2.75) is 67.2 Å². The summed E-state index contributed by atoms with van der Waals surface area (Å²) < 4.78 is 11.0. The fraction of sp³-hybridized carbons (Fsp3) is 0.256. The average Bonchev–Trinajstić information content (AvgIpc) is 3.62. The largest absolute Gasteiger partial charge is 0.457 e. The summed E-state index contributed by atoms with van der Waals surface area (Å²) in [4.78, 5) is 4.80. The second kappa shape index (κ2) is 12.8. The lowest BCUT2D eigenvalue weighted by Crippen LogP contribution is -2.06. The van der Waals surface area contributed by atoms with E-state index in [0.717, 1.165) is 65.4 Å². The third-order valence-corrected chi connectivity index (χ3v) is 9.18. The molecule has 7 aromatic rings. The first-order valence-corrected chi connectivity index (χ1v) is 17.2. The van der Waals surface area contributed by atoms with E-state index in [1.807, 2.05) is 24.4 Å². The fourth-order valence-corrected chi connectivity index (χ4v) is 6.72. The Hall–Kier alpha value is -5.16. The molecule has 0 saturated carbocycles. The molecule has 3 heterocycles. The van der Waals surface area contributed by atoms with Gasteiger partial charge < -0.3 is 4.74 Å². The predicted octanol–water partition coefficient (Wildman–Crippen LogP) is 11.2. The molecule has 0 aliphatic heterocycles. The molecule has 3 aromatic heterocycles. The van der Waals surface area contributed by atoms with Crippen molar-refractivity contribution in [2.24, 2.45) is 5.41 Å². The van der Waals surface area contributed by atoms with Crippen LogP contribution in [0.5, 0.6) is 11.5 Å². The number of hydrogen-bond donors (Lipinski definition) is 0. The molecular weight excluding hydrogens is 589 g/mol. The SMILES string of the molecule is CCc1nn(-c2cccc(Oc3ccc4c5cc(CCC(C)(C)C)ccc5n(-c5cc(C)ccn5)c4c3)c2)c(CC)c1-c1ccccc1. The highest BCUT2D eigenvalue weighted by atomic mass is 16.5. The van der Waals surface area contributed by atoms with E-state index in [4.69, 9.17) is 14.8 Å². The van der Waals surface area contributed by atoms with Crippen LogP contribution >= 0.6 is 0 Å². The Balaban J connectivity index is 1.29. The molecule has 4 aromatic carbocycles. The van der Waals surface area contributed by atoms with Crippen LogP contribution in [0.1, 0.15) is 63.6 Å². The van der Waals surface area contributed by atoms with Crippen LogP contribution in [0.3, 0.4) is 0 Å². The molecule has 0 aliphatic rings. The first kappa shape index (κ1) is 31.4. The van der Waals surface area contributed by atoms with Crippen LogP contribution in [0.2, 0.25) is 0 Å². The van der Waals surface area contributed by atoms with Gasteiger partial charge in [0.05, 0.1) is 28.1 Å². The van der Waals surface area contributed by atoms with E-state index < -0.39 is 0 Å². The minimum absolute atomic E-state index is 0.288. The summed E-state index contributed by atoms with van der Waals surface area (Å²) in [7, 11) is 0. The van der Waals surface area contributed by atoms with Crippen LogP contribution in [0.15, 0.2) is 109 Å². The number of aryl methyl sites for hydroxylation is 3. The molecule has 0 amide bonds. The summed E-state index contributed by atoms with van der Waals surface area (Å²) in [6.45, 7) is 13.4. The van der Waals surface area contributed by atoms with E-state index in [1.54, 1.807) is 0 Å². The Kier molecular flexibility index (Phi) is 8.38. The van der Waals surface area contributed by atoms with Gasteiger partial charge in [-0.3, -0.25) is 4.57 Å². The molecule has 0 atom stereocenters. The topological polar surface area (TPSA) is 44.9 Å². The molecule has 0 bridgehead atoms. The van der Waals surface area contributed by atoms with Crippen molar-refractivity contribution in [3.05, 3.63) is 132 Å². The molecule has 48 heavy (non-hydrogen) atoms. The van der Waals surface area contributed by atoms with E-state index in [0.29, 0.717) is 0 Å². The molecule has 7 rings (SSSR count). The number of rotatable bonds is 9. The van der Waals surface area contributed by atoms with Gasteiger partial charge in [-0.15, -0.1) is 0 Å². The number of pyridine rings is 1. The quantitative estimate of drug-likeness (QED) is 0.159. The van der Waals surface area contributed by atoms with Gasteiger partial charge in [0.25, 0.3) is 0 Å². The second-order valence-corrected chi connectivity index (χ2v) is 14.0. The standard InChI is InChI=1S/C43H44N4O/c1-7-37-42(31-13-10-9-11-14-31)38(8-2)47(45-37)32-15-12-16-33(27-32)48-34-18-19-35-36-26-30(21-23-43(4,5)6)17-20-39(36)46(40(35)28-34)41-25-29(3)22-24-44-41/h9-20,22,24-28H,7-8,21,23H2,1-6H3. The second-order valence-electron chi connectivity index (χ2n) is 14.0. The fourth-order valence-electron chi connectivity index (χ4n) is 6.72. The number of hydrogen-bond acceptors (Lipinski definition) is 3. The maximum absolute atomic E-state index is 6.61. The first-order chi connectivity index (χ1) is 23.2. The zero-order valence-corrected chi connectivity index (χ0v) is 28.9. The van der Waals surface area contributed by atoms with E-state index in [9.17, 15) is 0 Å². The van der Waals surface area contributed by atoms with Gasteiger partial charge in [0.15, 0.2) is 0 Å². The van der Waals surface area contributed by atoms with Crippen LogP contribution in [-0.2, 0) is 19.3 Å². The third kappa shape index (κ3) is 6.13. The molecule has 0 N–H and O–H groups in total. The number of aromatic nitrogens is 4. The Morgan fingerprint density at radius 3 is 2.29 bits per heavy atom. The molecular formula is C43H44N4O.